The molecule has 0 radical (unpaired) electrons. The van der Waals surface area contributed by atoms with Crippen LogP contribution in [0.3, 0.4) is 0 Å². The van der Waals surface area contributed by atoms with Crippen molar-refractivity contribution < 1.29 is 4.79 Å². The highest BCUT2D eigenvalue weighted by Crippen LogP contribution is 2.24. The topological polar surface area (TPSA) is 67.1 Å². The number of amides is 1. The van der Waals surface area contributed by atoms with E-state index in [-0.39, 0.29) is 5.91 Å². The number of nitrogens with one attached hydrogen (secondary N) is 2. The van der Waals surface area contributed by atoms with Gasteiger partial charge in [-0.3, -0.25) is 10.2 Å². The molecule has 74 valence electrons. The van der Waals surface area contributed by atoms with Crippen molar-refractivity contribution in [3.63, 3.8) is 0 Å². The van der Waals surface area contributed by atoms with Gasteiger partial charge in [-0.1, -0.05) is 6.07 Å². The summed E-state index contributed by atoms with van der Waals surface area (Å²) in [6.07, 6.45) is 1.99. The summed E-state index contributed by atoms with van der Waals surface area (Å²) in [5.74, 6) is 4.90. The number of anilines is 1. The largest absolute Gasteiger partial charge is 0.385 e. The van der Waals surface area contributed by atoms with E-state index in [1.807, 2.05) is 12.1 Å². The summed E-state index contributed by atoms with van der Waals surface area (Å²) < 4.78 is 0. The molecule has 4 heteroatoms. The summed E-state index contributed by atoms with van der Waals surface area (Å²) in [6, 6.07) is 5.65. The average Bonchev–Trinajstić information content (AvgIpc) is 2.27. The molecule has 1 aromatic rings. The van der Waals surface area contributed by atoms with Crippen LogP contribution in [0, 0.1) is 0 Å². The van der Waals surface area contributed by atoms with Crippen LogP contribution in [0.5, 0.6) is 0 Å². The van der Waals surface area contributed by atoms with E-state index >= 15 is 0 Å². The number of nitrogen functional groups attached to an aromatic ring is 1. The van der Waals surface area contributed by atoms with E-state index in [0.29, 0.717) is 5.56 Å². The van der Waals surface area contributed by atoms with Crippen LogP contribution in [0.15, 0.2) is 18.2 Å². The highest BCUT2D eigenvalue weighted by molar-refractivity contribution is 5.96. The normalized spacial score (nSPS) is 14.1. The molecule has 0 bridgehead atoms. The summed E-state index contributed by atoms with van der Waals surface area (Å²) in [5, 5.41) is 3.26. The van der Waals surface area contributed by atoms with Gasteiger partial charge in [-0.15, -0.1) is 0 Å². The van der Waals surface area contributed by atoms with Gasteiger partial charge in [0.1, 0.15) is 0 Å². The van der Waals surface area contributed by atoms with Crippen molar-refractivity contribution in [3.8, 4) is 0 Å². The lowest BCUT2D eigenvalue weighted by molar-refractivity contribution is 0.0952. The molecule has 0 aromatic heterocycles. The lowest BCUT2D eigenvalue weighted by Crippen LogP contribution is -2.31. The Morgan fingerprint density at radius 2 is 2.36 bits per heavy atom. The van der Waals surface area contributed by atoms with E-state index in [1.165, 1.54) is 0 Å². The first-order valence-electron chi connectivity index (χ1n) is 4.69. The fourth-order valence-corrected chi connectivity index (χ4v) is 1.80. The van der Waals surface area contributed by atoms with Crippen LogP contribution in [0.4, 0.5) is 5.69 Å². The van der Waals surface area contributed by atoms with Crippen LogP contribution >= 0.6 is 0 Å². The number of nitrogens with two attached hydrogens (primary N) is 1. The summed E-state index contributed by atoms with van der Waals surface area (Å²) in [7, 11) is 0. The third-order valence-electron chi connectivity index (χ3n) is 2.47. The summed E-state index contributed by atoms with van der Waals surface area (Å²) in [4.78, 5) is 11.4. The maximum Gasteiger partial charge on any atom is 0.265 e. The standard InChI is InChI=1S/C10H13N3O/c11-13-10(14)8-3-1-5-9-7(8)4-2-6-12-9/h1,3,5,12H,2,4,6,11H2,(H,13,14). The fourth-order valence-electron chi connectivity index (χ4n) is 1.80. The van der Waals surface area contributed by atoms with E-state index in [4.69, 9.17) is 5.84 Å². The van der Waals surface area contributed by atoms with Crippen molar-refractivity contribution in [2.24, 2.45) is 5.84 Å². The number of hydrazine groups is 1. The molecule has 0 unspecified atom stereocenters. The molecule has 0 saturated heterocycles. The van der Waals surface area contributed by atoms with E-state index in [2.05, 4.69) is 10.7 Å². The third-order valence-corrected chi connectivity index (χ3v) is 2.47. The maximum atomic E-state index is 11.4. The molecule has 1 aromatic carbocycles. The molecule has 0 aliphatic carbocycles. The molecule has 0 spiro atoms. The molecule has 1 aliphatic heterocycles. The lowest BCUT2D eigenvalue weighted by Gasteiger charge is -2.20. The molecular formula is C10H13N3O. The van der Waals surface area contributed by atoms with E-state index in [9.17, 15) is 4.79 Å². The van der Waals surface area contributed by atoms with Gasteiger partial charge in [0, 0.05) is 17.8 Å². The second kappa shape index (κ2) is 3.67. The monoisotopic (exact) mass is 191 g/mol. The second-order valence-corrected chi connectivity index (χ2v) is 3.34. The molecule has 4 N–H and O–H groups in total. The van der Waals surface area contributed by atoms with E-state index < -0.39 is 0 Å². The Morgan fingerprint density at radius 3 is 3.14 bits per heavy atom. The molecule has 0 saturated carbocycles. The Morgan fingerprint density at radius 1 is 1.50 bits per heavy atom. The zero-order valence-electron chi connectivity index (χ0n) is 7.84. The highest BCUT2D eigenvalue weighted by Gasteiger charge is 2.15. The SMILES string of the molecule is NNC(=O)c1cccc2c1CCCN2. The molecule has 1 aliphatic rings. The van der Waals surface area contributed by atoms with Gasteiger partial charge in [-0.05, 0) is 30.5 Å². The minimum absolute atomic E-state index is 0.217. The quantitative estimate of drug-likeness (QED) is 0.347. The van der Waals surface area contributed by atoms with Crippen molar-refractivity contribution in [2.45, 2.75) is 12.8 Å². The highest BCUT2D eigenvalue weighted by atomic mass is 16.2. The van der Waals surface area contributed by atoms with Crippen molar-refractivity contribution >= 4 is 11.6 Å². The Balaban J connectivity index is 2.45. The van der Waals surface area contributed by atoms with Gasteiger partial charge < -0.3 is 5.32 Å². The predicted octanol–water partition coefficient (Wildman–Crippen LogP) is 0.648. The number of hydrogen-bond donors (Lipinski definition) is 3. The van der Waals surface area contributed by atoms with Crippen LogP contribution < -0.4 is 16.6 Å². The van der Waals surface area contributed by atoms with Gasteiger partial charge in [0.2, 0.25) is 0 Å². The van der Waals surface area contributed by atoms with E-state index in [1.54, 1.807) is 6.07 Å². The zero-order valence-corrected chi connectivity index (χ0v) is 7.84. The smallest absolute Gasteiger partial charge is 0.265 e. The minimum atomic E-state index is -0.217. The van der Waals surface area contributed by atoms with Gasteiger partial charge in [0.05, 0.1) is 0 Å². The van der Waals surface area contributed by atoms with Gasteiger partial charge >= 0.3 is 0 Å². The number of carbonyl (C=O) groups is 1. The van der Waals surface area contributed by atoms with Crippen molar-refractivity contribution in [2.75, 3.05) is 11.9 Å². The number of benzene rings is 1. The van der Waals surface area contributed by atoms with Crippen molar-refractivity contribution in [1.82, 2.24) is 5.43 Å². The zero-order chi connectivity index (χ0) is 9.97. The molecule has 14 heavy (non-hydrogen) atoms. The molecular weight excluding hydrogens is 178 g/mol. The predicted molar refractivity (Wildman–Crippen MR) is 54.9 cm³/mol. The first kappa shape index (κ1) is 9.02. The Hall–Kier alpha value is -1.55. The van der Waals surface area contributed by atoms with Crippen molar-refractivity contribution in [3.05, 3.63) is 29.3 Å². The van der Waals surface area contributed by atoms with Gasteiger partial charge in [-0.2, -0.15) is 0 Å². The number of rotatable bonds is 1. The number of hydrogen-bond acceptors (Lipinski definition) is 3. The average molecular weight is 191 g/mol. The lowest BCUT2D eigenvalue weighted by atomic mass is 9.97. The van der Waals surface area contributed by atoms with Crippen LogP contribution in [0.2, 0.25) is 0 Å². The van der Waals surface area contributed by atoms with Crippen molar-refractivity contribution in [1.29, 1.82) is 0 Å². The first-order valence-corrected chi connectivity index (χ1v) is 4.69. The van der Waals surface area contributed by atoms with E-state index in [0.717, 1.165) is 30.6 Å². The van der Waals surface area contributed by atoms with Crippen LogP contribution in [0.1, 0.15) is 22.3 Å². The maximum absolute atomic E-state index is 11.4. The Bertz CT molecular complexity index is 362. The van der Waals surface area contributed by atoms with Gasteiger partial charge in [-0.25, -0.2) is 5.84 Å². The molecule has 4 nitrogen and oxygen atoms in total. The minimum Gasteiger partial charge on any atom is -0.385 e. The molecule has 1 heterocycles. The number of carbonyl (C=O) groups excluding carboxylic acids is 1. The first-order chi connectivity index (χ1) is 6.83. The summed E-state index contributed by atoms with van der Waals surface area (Å²) >= 11 is 0. The van der Waals surface area contributed by atoms with Crippen LogP contribution in [-0.4, -0.2) is 12.5 Å². The van der Waals surface area contributed by atoms with Gasteiger partial charge in [0.15, 0.2) is 0 Å². The Labute approximate surface area is 82.5 Å². The van der Waals surface area contributed by atoms with Crippen LogP contribution in [-0.2, 0) is 6.42 Å². The van der Waals surface area contributed by atoms with Gasteiger partial charge in [0.25, 0.3) is 5.91 Å². The Kier molecular flexibility index (Phi) is 2.37. The molecule has 2 rings (SSSR count). The summed E-state index contributed by atoms with van der Waals surface area (Å²) in [5.41, 5.74) is 4.97. The number of fused-ring (bicyclic) bond motifs is 1. The molecule has 0 atom stereocenters. The second-order valence-electron chi connectivity index (χ2n) is 3.34. The summed E-state index contributed by atoms with van der Waals surface area (Å²) in [6.45, 7) is 0.973. The van der Waals surface area contributed by atoms with Crippen LogP contribution in [0.25, 0.3) is 0 Å². The molecule has 1 amide bonds. The third kappa shape index (κ3) is 1.44. The molecule has 0 fully saturated rings. The fraction of sp³-hybridized carbons (Fsp3) is 0.300.